The maximum absolute atomic E-state index is 13.8. The second-order valence-corrected chi connectivity index (χ2v) is 9.29. The van der Waals surface area contributed by atoms with Gasteiger partial charge >= 0.3 is 0 Å². The first-order valence-electron chi connectivity index (χ1n) is 10.0. The van der Waals surface area contributed by atoms with Gasteiger partial charge in [-0.2, -0.15) is 0 Å². The number of benzene rings is 2. The van der Waals surface area contributed by atoms with Crippen molar-refractivity contribution in [3.05, 3.63) is 65.2 Å². The summed E-state index contributed by atoms with van der Waals surface area (Å²) in [4.78, 5) is 29.9. The molecule has 1 saturated carbocycles. The highest BCUT2D eigenvalue weighted by Gasteiger charge is 2.59. The Bertz CT molecular complexity index is 938. The van der Waals surface area contributed by atoms with Crippen molar-refractivity contribution in [3.8, 4) is 0 Å². The molecule has 144 valence electrons. The van der Waals surface area contributed by atoms with Gasteiger partial charge in [0, 0.05) is 23.8 Å². The number of para-hydroxylation sites is 1. The molecule has 1 atom stereocenters. The lowest BCUT2D eigenvalue weighted by Gasteiger charge is -2.37. The van der Waals surface area contributed by atoms with Crippen LogP contribution in [0.3, 0.4) is 0 Å². The van der Waals surface area contributed by atoms with Crippen molar-refractivity contribution in [2.45, 2.75) is 37.6 Å². The van der Waals surface area contributed by atoms with Crippen LogP contribution in [0.15, 0.2) is 48.5 Å². The van der Waals surface area contributed by atoms with E-state index in [1.807, 2.05) is 34.1 Å². The van der Waals surface area contributed by atoms with Crippen molar-refractivity contribution >= 4 is 29.3 Å². The van der Waals surface area contributed by atoms with Crippen molar-refractivity contribution in [2.75, 3.05) is 17.2 Å². The average molecular weight is 393 g/mol. The molecule has 3 aliphatic rings. The normalized spacial score (nSPS) is 24.0. The monoisotopic (exact) mass is 392 g/mol. The predicted molar refractivity (Wildman–Crippen MR) is 112 cm³/mol. The second-order valence-electron chi connectivity index (χ2n) is 8.00. The fourth-order valence-corrected chi connectivity index (χ4v) is 5.97. The van der Waals surface area contributed by atoms with Gasteiger partial charge in [0.1, 0.15) is 0 Å². The van der Waals surface area contributed by atoms with E-state index in [2.05, 4.69) is 31.2 Å². The number of rotatable bonds is 3. The number of anilines is 1. The topological polar surface area (TPSA) is 40.6 Å². The van der Waals surface area contributed by atoms with Gasteiger partial charge in [-0.1, -0.05) is 54.4 Å². The Labute approximate surface area is 169 Å². The molecule has 2 amide bonds. The fraction of sp³-hybridized carbons (Fsp3) is 0.391. The Kier molecular flexibility index (Phi) is 4.23. The van der Waals surface area contributed by atoms with Gasteiger partial charge in [-0.25, -0.2) is 0 Å². The van der Waals surface area contributed by atoms with E-state index in [0.29, 0.717) is 13.1 Å². The first-order chi connectivity index (χ1) is 13.6. The molecule has 5 rings (SSSR count). The van der Waals surface area contributed by atoms with Crippen molar-refractivity contribution < 1.29 is 9.59 Å². The lowest BCUT2D eigenvalue weighted by atomic mass is 9.84. The molecular formula is C23H24N2O2S. The van der Waals surface area contributed by atoms with Crippen LogP contribution in [0, 0.1) is 12.8 Å². The highest BCUT2D eigenvalue weighted by molar-refractivity contribution is 8.01. The minimum Gasteiger partial charge on any atom is -0.315 e. The zero-order valence-electron chi connectivity index (χ0n) is 16.1. The van der Waals surface area contributed by atoms with Gasteiger partial charge in [0.15, 0.2) is 4.87 Å². The number of nitrogens with zero attached hydrogens (tertiary/aromatic N) is 2. The van der Waals surface area contributed by atoms with E-state index in [1.165, 1.54) is 5.56 Å². The Balaban J connectivity index is 1.55. The van der Waals surface area contributed by atoms with Crippen molar-refractivity contribution in [1.82, 2.24) is 4.90 Å². The standard InChI is InChI=1S/C23H24N2O2S/c1-16-9-11-17(12-10-16)15-24-20-8-3-2-7-19(20)23(22(24)27)25(13-14-28-23)21(26)18-5-4-6-18/h2-3,7-12,18H,4-6,13-15H2,1H3/t23-/m1/s1. The molecule has 4 nitrogen and oxygen atoms in total. The molecule has 0 bridgehead atoms. The highest BCUT2D eigenvalue weighted by Crippen LogP contribution is 2.55. The molecule has 28 heavy (non-hydrogen) atoms. The second kappa shape index (κ2) is 6.66. The largest absolute Gasteiger partial charge is 0.315 e. The zero-order chi connectivity index (χ0) is 19.3. The van der Waals surface area contributed by atoms with Crippen LogP contribution in [0.2, 0.25) is 0 Å². The third-order valence-corrected chi connectivity index (χ3v) is 7.70. The third-order valence-electron chi connectivity index (χ3n) is 6.28. The molecule has 1 spiro atoms. The quantitative estimate of drug-likeness (QED) is 0.791. The van der Waals surface area contributed by atoms with Gasteiger partial charge in [-0.05, 0) is 31.4 Å². The molecule has 2 aromatic carbocycles. The number of hydrogen-bond donors (Lipinski definition) is 0. The van der Waals surface area contributed by atoms with Crippen molar-refractivity contribution in [2.24, 2.45) is 5.92 Å². The Morgan fingerprint density at radius 1 is 1.14 bits per heavy atom. The van der Waals surface area contributed by atoms with E-state index >= 15 is 0 Å². The summed E-state index contributed by atoms with van der Waals surface area (Å²) in [6.07, 6.45) is 3.03. The van der Waals surface area contributed by atoms with E-state index in [9.17, 15) is 9.59 Å². The average Bonchev–Trinajstić information content (AvgIpc) is 3.20. The smallest absolute Gasteiger partial charge is 0.268 e. The van der Waals surface area contributed by atoms with Gasteiger partial charge in [0.05, 0.1) is 12.2 Å². The zero-order valence-corrected chi connectivity index (χ0v) is 16.9. The van der Waals surface area contributed by atoms with Gasteiger partial charge in [-0.3, -0.25) is 9.59 Å². The molecule has 1 saturated heterocycles. The maximum atomic E-state index is 13.8. The minimum absolute atomic E-state index is 0.0319. The van der Waals surface area contributed by atoms with Crippen LogP contribution in [0.4, 0.5) is 5.69 Å². The predicted octanol–water partition coefficient (Wildman–Crippen LogP) is 4.07. The maximum Gasteiger partial charge on any atom is 0.268 e. The molecule has 1 aliphatic carbocycles. The lowest BCUT2D eigenvalue weighted by molar-refractivity contribution is -0.145. The van der Waals surface area contributed by atoms with E-state index in [1.54, 1.807) is 11.8 Å². The molecule has 0 unspecified atom stereocenters. The Morgan fingerprint density at radius 3 is 2.61 bits per heavy atom. The summed E-state index contributed by atoms with van der Waals surface area (Å²) in [5.41, 5.74) is 4.22. The van der Waals surface area contributed by atoms with Crippen LogP contribution in [0.1, 0.15) is 36.0 Å². The molecule has 0 N–H and O–H groups in total. The minimum atomic E-state index is -0.881. The molecule has 2 heterocycles. The van der Waals surface area contributed by atoms with Gasteiger partial charge in [-0.15, -0.1) is 11.8 Å². The number of hydrogen-bond acceptors (Lipinski definition) is 3. The summed E-state index contributed by atoms with van der Waals surface area (Å²) in [6.45, 7) is 3.25. The highest BCUT2D eigenvalue weighted by atomic mass is 32.2. The van der Waals surface area contributed by atoms with E-state index in [4.69, 9.17) is 0 Å². The van der Waals surface area contributed by atoms with Crippen LogP contribution in [-0.4, -0.2) is 29.0 Å². The van der Waals surface area contributed by atoms with E-state index in [-0.39, 0.29) is 17.7 Å². The molecule has 2 aliphatic heterocycles. The summed E-state index contributed by atoms with van der Waals surface area (Å²) in [6, 6.07) is 16.3. The van der Waals surface area contributed by atoms with Crippen LogP contribution in [0.25, 0.3) is 0 Å². The van der Waals surface area contributed by atoms with Gasteiger partial charge < -0.3 is 9.80 Å². The molecule has 0 aromatic heterocycles. The van der Waals surface area contributed by atoms with Gasteiger partial charge in [0.25, 0.3) is 5.91 Å². The summed E-state index contributed by atoms with van der Waals surface area (Å²) < 4.78 is 0. The molecule has 2 aromatic rings. The molecule has 5 heteroatoms. The fourth-order valence-electron chi connectivity index (χ4n) is 4.50. The van der Waals surface area contributed by atoms with Crippen molar-refractivity contribution in [1.29, 1.82) is 0 Å². The number of aryl methyl sites for hydroxylation is 1. The van der Waals surface area contributed by atoms with Crippen molar-refractivity contribution in [3.63, 3.8) is 0 Å². The summed E-state index contributed by atoms with van der Waals surface area (Å²) >= 11 is 1.62. The summed E-state index contributed by atoms with van der Waals surface area (Å²) in [5, 5.41) is 0. The molecular weight excluding hydrogens is 368 g/mol. The Hall–Kier alpha value is -2.27. The Morgan fingerprint density at radius 2 is 1.89 bits per heavy atom. The van der Waals surface area contributed by atoms with Crippen LogP contribution < -0.4 is 4.90 Å². The van der Waals surface area contributed by atoms with E-state index in [0.717, 1.165) is 41.8 Å². The van der Waals surface area contributed by atoms with Crippen LogP contribution in [0.5, 0.6) is 0 Å². The van der Waals surface area contributed by atoms with Gasteiger partial charge in [0.2, 0.25) is 5.91 Å². The first-order valence-corrected chi connectivity index (χ1v) is 11.0. The number of carbonyl (C=O) groups is 2. The molecule has 0 radical (unpaired) electrons. The SMILES string of the molecule is Cc1ccc(CN2C(=O)[C@]3(SCCN3C(=O)C3CCC3)c3ccccc32)cc1. The number of fused-ring (bicyclic) bond motifs is 2. The van der Waals surface area contributed by atoms with E-state index < -0.39 is 4.87 Å². The lowest BCUT2D eigenvalue weighted by Crippen LogP contribution is -2.52. The number of thioether (sulfide) groups is 1. The number of amides is 2. The molecule has 2 fully saturated rings. The van der Waals surface area contributed by atoms with Crippen LogP contribution >= 0.6 is 11.8 Å². The first kappa shape index (κ1) is 17.8. The summed E-state index contributed by atoms with van der Waals surface area (Å²) in [7, 11) is 0. The summed E-state index contributed by atoms with van der Waals surface area (Å²) in [5.74, 6) is 1.10. The van der Waals surface area contributed by atoms with Crippen LogP contribution in [-0.2, 0) is 21.0 Å². The third kappa shape index (κ3) is 2.52. The number of carbonyl (C=O) groups excluding carboxylic acids is 2.